The first-order valence-electron chi connectivity index (χ1n) is 9.92. The van der Waals surface area contributed by atoms with Gasteiger partial charge in [-0.25, -0.2) is 10.2 Å². The van der Waals surface area contributed by atoms with Crippen LogP contribution in [0.25, 0.3) is 0 Å². The van der Waals surface area contributed by atoms with Crippen LogP contribution in [0.1, 0.15) is 32.6 Å². The van der Waals surface area contributed by atoms with Gasteiger partial charge in [-0.1, -0.05) is 39.7 Å². The molecule has 3 aromatic rings. The van der Waals surface area contributed by atoms with Gasteiger partial charge in [0, 0.05) is 10.0 Å². The number of hydrogen-bond donors (Lipinski definition) is 1. The SMILES string of the molecule is Cc1cccc(C(=O)Oc2ccc(Br)cc2/C=N\NC(=O)COc2ccc(C)c(C)c2)c1. The highest BCUT2D eigenvalue weighted by Crippen LogP contribution is 2.23. The summed E-state index contributed by atoms with van der Waals surface area (Å²) in [7, 11) is 0. The lowest BCUT2D eigenvalue weighted by Gasteiger charge is -2.09. The predicted octanol–water partition coefficient (Wildman–Crippen LogP) is 5.12. The first-order valence-corrected chi connectivity index (χ1v) is 10.7. The topological polar surface area (TPSA) is 77.0 Å². The molecule has 7 heteroatoms. The van der Waals surface area contributed by atoms with Crippen molar-refractivity contribution in [2.45, 2.75) is 20.8 Å². The number of ether oxygens (including phenoxy) is 2. The van der Waals surface area contributed by atoms with Crippen LogP contribution in [0.2, 0.25) is 0 Å². The molecule has 0 radical (unpaired) electrons. The summed E-state index contributed by atoms with van der Waals surface area (Å²) in [4.78, 5) is 24.5. The van der Waals surface area contributed by atoms with E-state index in [0.717, 1.165) is 21.2 Å². The van der Waals surface area contributed by atoms with Crippen LogP contribution in [-0.2, 0) is 4.79 Å². The number of nitrogens with one attached hydrogen (secondary N) is 1. The molecule has 3 aromatic carbocycles. The zero-order valence-corrected chi connectivity index (χ0v) is 19.6. The molecule has 0 bridgehead atoms. The molecule has 0 fully saturated rings. The third-order valence-corrected chi connectivity index (χ3v) is 5.16. The number of carbonyl (C=O) groups is 2. The monoisotopic (exact) mass is 494 g/mol. The molecule has 6 nitrogen and oxygen atoms in total. The van der Waals surface area contributed by atoms with Crippen LogP contribution in [0.15, 0.2) is 70.2 Å². The highest BCUT2D eigenvalue weighted by Gasteiger charge is 2.12. The standard InChI is InChI=1S/C25H23BrN2O4/c1-16-5-4-6-19(11-16)25(30)32-23-10-8-21(26)13-20(23)14-27-28-24(29)15-31-22-9-7-17(2)18(3)12-22/h4-14H,15H2,1-3H3,(H,28,29)/b27-14-. The van der Waals surface area contributed by atoms with Crippen LogP contribution < -0.4 is 14.9 Å². The van der Waals surface area contributed by atoms with Crippen molar-refractivity contribution in [1.29, 1.82) is 0 Å². The normalized spacial score (nSPS) is 10.8. The molecule has 0 saturated heterocycles. The summed E-state index contributed by atoms with van der Waals surface area (Å²) in [6.07, 6.45) is 1.41. The minimum atomic E-state index is -0.475. The van der Waals surface area contributed by atoms with Gasteiger partial charge in [-0.15, -0.1) is 0 Å². The lowest BCUT2D eigenvalue weighted by molar-refractivity contribution is -0.123. The van der Waals surface area contributed by atoms with Crippen LogP contribution in [-0.4, -0.2) is 24.7 Å². The number of benzene rings is 3. The Balaban J connectivity index is 1.62. The van der Waals surface area contributed by atoms with Gasteiger partial charge >= 0.3 is 5.97 Å². The molecule has 1 amide bonds. The number of hydrazone groups is 1. The largest absolute Gasteiger partial charge is 0.484 e. The Morgan fingerprint density at radius 2 is 1.81 bits per heavy atom. The Bertz CT molecular complexity index is 1170. The fourth-order valence-electron chi connectivity index (χ4n) is 2.80. The second kappa shape index (κ2) is 10.7. The van der Waals surface area contributed by atoms with Gasteiger partial charge in [0.15, 0.2) is 6.61 Å². The number of hydrogen-bond acceptors (Lipinski definition) is 5. The Morgan fingerprint density at radius 1 is 1.00 bits per heavy atom. The van der Waals surface area contributed by atoms with Crippen LogP contribution >= 0.6 is 15.9 Å². The zero-order chi connectivity index (χ0) is 23.1. The molecule has 0 saturated carbocycles. The average molecular weight is 495 g/mol. The lowest BCUT2D eigenvalue weighted by atomic mass is 10.1. The van der Waals surface area contributed by atoms with Gasteiger partial charge in [0.2, 0.25) is 0 Å². The number of carbonyl (C=O) groups excluding carboxylic acids is 2. The van der Waals surface area contributed by atoms with Gasteiger partial charge < -0.3 is 9.47 Å². The van der Waals surface area contributed by atoms with E-state index in [-0.39, 0.29) is 6.61 Å². The fraction of sp³-hybridized carbons (Fsp3) is 0.160. The number of aryl methyl sites for hydroxylation is 3. The van der Waals surface area contributed by atoms with E-state index in [2.05, 4.69) is 26.5 Å². The smallest absolute Gasteiger partial charge is 0.343 e. The van der Waals surface area contributed by atoms with Crippen molar-refractivity contribution >= 4 is 34.0 Å². The van der Waals surface area contributed by atoms with Crippen molar-refractivity contribution in [3.8, 4) is 11.5 Å². The molecule has 0 heterocycles. The third kappa shape index (κ3) is 6.52. The lowest BCUT2D eigenvalue weighted by Crippen LogP contribution is -2.24. The van der Waals surface area contributed by atoms with E-state index in [9.17, 15) is 9.59 Å². The molecule has 0 atom stereocenters. The quantitative estimate of drug-likeness (QED) is 0.214. The highest BCUT2D eigenvalue weighted by atomic mass is 79.9. The van der Waals surface area contributed by atoms with Gasteiger partial charge in [0.25, 0.3) is 5.91 Å². The minimum absolute atomic E-state index is 0.173. The van der Waals surface area contributed by atoms with Crippen molar-refractivity contribution < 1.29 is 19.1 Å². The minimum Gasteiger partial charge on any atom is -0.484 e. The van der Waals surface area contributed by atoms with Crippen molar-refractivity contribution in [1.82, 2.24) is 5.43 Å². The first-order chi connectivity index (χ1) is 15.3. The molecule has 0 aliphatic carbocycles. The summed E-state index contributed by atoms with van der Waals surface area (Å²) in [5.74, 6) is 0.0536. The summed E-state index contributed by atoms with van der Waals surface area (Å²) >= 11 is 3.39. The molecule has 0 unspecified atom stereocenters. The van der Waals surface area contributed by atoms with Crippen molar-refractivity contribution in [3.63, 3.8) is 0 Å². The number of rotatable bonds is 7. The van der Waals surface area contributed by atoms with E-state index in [0.29, 0.717) is 22.6 Å². The van der Waals surface area contributed by atoms with Crippen molar-refractivity contribution in [3.05, 3.63) is 93.0 Å². The van der Waals surface area contributed by atoms with Crippen LogP contribution in [0, 0.1) is 20.8 Å². The van der Waals surface area contributed by atoms with Gasteiger partial charge in [0.1, 0.15) is 11.5 Å². The Kier molecular flexibility index (Phi) is 7.78. The second-order valence-corrected chi connectivity index (χ2v) is 8.18. The van der Waals surface area contributed by atoms with E-state index < -0.39 is 11.9 Å². The highest BCUT2D eigenvalue weighted by molar-refractivity contribution is 9.10. The zero-order valence-electron chi connectivity index (χ0n) is 18.0. The van der Waals surface area contributed by atoms with E-state index in [4.69, 9.17) is 9.47 Å². The van der Waals surface area contributed by atoms with Crippen molar-refractivity contribution in [2.24, 2.45) is 5.10 Å². The number of amides is 1. The summed E-state index contributed by atoms with van der Waals surface area (Å²) in [6.45, 7) is 5.72. The van der Waals surface area contributed by atoms with E-state index in [1.54, 1.807) is 36.4 Å². The second-order valence-electron chi connectivity index (χ2n) is 7.27. The molecular formula is C25H23BrN2O4. The number of halogens is 1. The predicted molar refractivity (Wildman–Crippen MR) is 127 cm³/mol. The molecule has 164 valence electrons. The first kappa shape index (κ1) is 23.2. The third-order valence-electron chi connectivity index (χ3n) is 4.67. The molecule has 0 spiro atoms. The fourth-order valence-corrected chi connectivity index (χ4v) is 3.18. The average Bonchev–Trinajstić information content (AvgIpc) is 2.76. The summed E-state index contributed by atoms with van der Waals surface area (Å²) in [5.41, 5.74) is 6.59. The Labute approximate surface area is 195 Å². The summed E-state index contributed by atoms with van der Waals surface area (Å²) in [6, 6.07) is 17.9. The van der Waals surface area contributed by atoms with Gasteiger partial charge in [-0.05, 0) is 74.4 Å². The molecule has 0 aromatic heterocycles. The Morgan fingerprint density at radius 3 is 2.56 bits per heavy atom. The maximum Gasteiger partial charge on any atom is 0.343 e. The Hall–Kier alpha value is -3.45. The maximum absolute atomic E-state index is 12.5. The van der Waals surface area contributed by atoms with Crippen LogP contribution in [0.5, 0.6) is 11.5 Å². The molecule has 0 aliphatic rings. The number of esters is 1. The number of nitrogens with zero attached hydrogens (tertiary/aromatic N) is 1. The molecule has 0 aliphatic heterocycles. The molecule has 3 rings (SSSR count). The van der Waals surface area contributed by atoms with Crippen LogP contribution in [0.4, 0.5) is 0 Å². The van der Waals surface area contributed by atoms with E-state index in [1.807, 2.05) is 45.0 Å². The van der Waals surface area contributed by atoms with E-state index >= 15 is 0 Å². The van der Waals surface area contributed by atoms with Gasteiger partial charge in [-0.2, -0.15) is 5.10 Å². The maximum atomic E-state index is 12.5. The van der Waals surface area contributed by atoms with Crippen LogP contribution in [0.3, 0.4) is 0 Å². The van der Waals surface area contributed by atoms with Crippen molar-refractivity contribution in [2.75, 3.05) is 6.61 Å². The molecule has 1 N–H and O–H groups in total. The van der Waals surface area contributed by atoms with E-state index in [1.165, 1.54) is 6.21 Å². The molecule has 32 heavy (non-hydrogen) atoms. The van der Waals surface area contributed by atoms with Gasteiger partial charge in [-0.3, -0.25) is 4.79 Å². The summed E-state index contributed by atoms with van der Waals surface area (Å²) in [5, 5.41) is 3.96. The summed E-state index contributed by atoms with van der Waals surface area (Å²) < 4.78 is 11.8. The van der Waals surface area contributed by atoms with Gasteiger partial charge in [0.05, 0.1) is 11.8 Å². The molecular weight excluding hydrogens is 472 g/mol.